The number of fused-ring (bicyclic) bond motifs is 1. The number of carbonyl (C=O) groups excluding carboxylic acids is 1. The molecule has 0 spiro atoms. The minimum Gasteiger partial charge on any atom is -0.272 e. The Morgan fingerprint density at radius 1 is 1.43 bits per heavy atom. The minimum atomic E-state index is -3.11. The van der Waals surface area contributed by atoms with Gasteiger partial charge in [-0.2, -0.15) is 0 Å². The molecule has 3 heterocycles. The van der Waals surface area contributed by atoms with Crippen LogP contribution in [0.3, 0.4) is 0 Å². The summed E-state index contributed by atoms with van der Waals surface area (Å²) in [6, 6.07) is 0.874. The van der Waals surface area contributed by atoms with Gasteiger partial charge >= 0.3 is 0 Å². The molecule has 2 unspecified atom stereocenters. The molecule has 1 aromatic heterocycles. The lowest BCUT2D eigenvalue weighted by molar-refractivity contribution is -0.156. The van der Waals surface area contributed by atoms with Gasteiger partial charge < -0.3 is 0 Å². The highest BCUT2D eigenvalue weighted by atomic mass is 19.3. The quantitative estimate of drug-likeness (QED) is 0.841. The normalized spacial score (nSPS) is 30.0. The highest BCUT2D eigenvalue weighted by molar-refractivity contribution is 5.86. The van der Waals surface area contributed by atoms with Gasteiger partial charge in [-0.15, -0.1) is 0 Å². The second kappa shape index (κ2) is 4.43. The fourth-order valence-electron chi connectivity index (χ4n) is 3.05. The Hall–Kier alpha value is -1.63. The van der Waals surface area contributed by atoms with Crippen LogP contribution < -0.4 is 0 Å². The van der Waals surface area contributed by atoms with Crippen molar-refractivity contribution >= 4 is 5.91 Å². The molecule has 1 aromatic rings. The van der Waals surface area contributed by atoms with Crippen molar-refractivity contribution in [3.63, 3.8) is 0 Å². The van der Waals surface area contributed by atoms with E-state index in [1.807, 2.05) is 0 Å². The van der Waals surface area contributed by atoms with E-state index in [-0.39, 0.29) is 6.54 Å². The molecule has 0 N–H and O–H groups in total. The third kappa shape index (κ3) is 2.02. The summed E-state index contributed by atoms with van der Waals surface area (Å²) >= 11 is 0. The molecule has 4 nitrogen and oxygen atoms in total. The van der Waals surface area contributed by atoms with Crippen LogP contribution in [0.5, 0.6) is 0 Å². The van der Waals surface area contributed by atoms with Gasteiger partial charge in [0, 0.05) is 26.2 Å². The molecule has 2 saturated heterocycles. The van der Waals surface area contributed by atoms with Crippen LogP contribution in [0.15, 0.2) is 18.5 Å². The van der Waals surface area contributed by atoms with Crippen molar-refractivity contribution < 1.29 is 18.0 Å². The molecule has 2 aliphatic rings. The minimum absolute atomic E-state index is 0.0193. The number of alkyl halides is 2. The van der Waals surface area contributed by atoms with E-state index < -0.39 is 29.1 Å². The predicted octanol–water partition coefficient (Wildman–Crippen LogP) is 2.39. The number of hydrazine groups is 1. The van der Waals surface area contributed by atoms with Crippen molar-refractivity contribution in [2.45, 2.75) is 32.2 Å². The summed E-state index contributed by atoms with van der Waals surface area (Å²) in [6.45, 7) is 2.54. The van der Waals surface area contributed by atoms with Crippen LogP contribution in [0, 0.1) is 11.2 Å². The molecule has 114 valence electrons. The number of hydrogen-bond acceptors (Lipinski definition) is 3. The standard InChI is InChI=1S/C14H16F3N3O/c1-13(14(2,16)17)8-19-4-3-11(20(19)12(13)21)9-5-10(15)7-18-6-9/h5-7,11H,3-4,8H2,1-2H3. The molecule has 0 saturated carbocycles. The molecule has 2 aliphatic heterocycles. The van der Waals surface area contributed by atoms with Crippen molar-refractivity contribution in [3.05, 3.63) is 29.8 Å². The summed E-state index contributed by atoms with van der Waals surface area (Å²) in [6.07, 6.45) is 3.14. The molecule has 3 rings (SSSR count). The molecule has 1 amide bonds. The summed E-state index contributed by atoms with van der Waals surface area (Å²) < 4.78 is 40.9. The topological polar surface area (TPSA) is 36.4 Å². The third-order valence-electron chi connectivity index (χ3n) is 4.52. The fraction of sp³-hybridized carbons (Fsp3) is 0.571. The summed E-state index contributed by atoms with van der Waals surface area (Å²) in [5.74, 6) is -4.22. The maximum absolute atomic E-state index is 13.8. The summed E-state index contributed by atoms with van der Waals surface area (Å²) in [5, 5.41) is 2.99. The fourth-order valence-corrected chi connectivity index (χ4v) is 3.05. The highest BCUT2D eigenvalue weighted by Crippen LogP contribution is 2.48. The van der Waals surface area contributed by atoms with Crippen LogP contribution in [0.2, 0.25) is 0 Å². The Morgan fingerprint density at radius 2 is 2.14 bits per heavy atom. The van der Waals surface area contributed by atoms with Crippen LogP contribution >= 0.6 is 0 Å². The van der Waals surface area contributed by atoms with E-state index in [4.69, 9.17) is 0 Å². The lowest BCUT2D eigenvalue weighted by atomic mass is 9.83. The number of nitrogens with zero attached hydrogens (tertiary/aromatic N) is 3. The molecular formula is C14H16F3N3O. The molecule has 0 aliphatic carbocycles. The van der Waals surface area contributed by atoms with Crippen LogP contribution in [0.25, 0.3) is 0 Å². The van der Waals surface area contributed by atoms with Crippen LogP contribution in [0.1, 0.15) is 31.9 Å². The van der Waals surface area contributed by atoms with Crippen molar-refractivity contribution in [1.29, 1.82) is 0 Å². The number of pyridine rings is 1. The first kappa shape index (κ1) is 14.3. The molecule has 2 atom stereocenters. The van der Waals surface area contributed by atoms with E-state index >= 15 is 0 Å². The van der Waals surface area contributed by atoms with Crippen LogP contribution in [-0.2, 0) is 4.79 Å². The largest absolute Gasteiger partial charge is 0.272 e. The SMILES string of the molecule is CC(F)(F)C1(C)CN2CCC(c3cncc(F)c3)N2C1=O. The van der Waals surface area contributed by atoms with Gasteiger partial charge in [0.25, 0.3) is 11.8 Å². The molecule has 0 aromatic carbocycles. The van der Waals surface area contributed by atoms with Gasteiger partial charge in [-0.3, -0.25) is 14.8 Å². The first-order valence-electron chi connectivity index (χ1n) is 6.81. The second-order valence-corrected chi connectivity index (χ2v) is 6.00. The zero-order valence-corrected chi connectivity index (χ0v) is 11.8. The number of aromatic nitrogens is 1. The van der Waals surface area contributed by atoms with Crippen molar-refractivity contribution in [1.82, 2.24) is 15.0 Å². The van der Waals surface area contributed by atoms with E-state index in [0.717, 1.165) is 13.1 Å². The second-order valence-electron chi connectivity index (χ2n) is 6.00. The number of rotatable bonds is 2. The zero-order valence-electron chi connectivity index (χ0n) is 11.8. The van der Waals surface area contributed by atoms with Gasteiger partial charge in [-0.25, -0.2) is 18.2 Å². The van der Waals surface area contributed by atoms with Crippen molar-refractivity contribution in [3.8, 4) is 0 Å². The molecule has 0 radical (unpaired) electrons. The maximum Gasteiger partial charge on any atom is 0.260 e. The molecule has 2 fully saturated rings. The number of carbonyl (C=O) groups is 1. The van der Waals surface area contributed by atoms with Gasteiger partial charge in [0.1, 0.15) is 11.2 Å². The van der Waals surface area contributed by atoms with Crippen molar-refractivity contribution in [2.75, 3.05) is 13.1 Å². The summed E-state index contributed by atoms with van der Waals surface area (Å²) in [5.41, 5.74) is -1.21. The smallest absolute Gasteiger partial charge is 0.260 e. The van der Waals surface area contributed by atoms with Gasteiger partial charge in [0.15, 0.2) is 0 Å². The van der Waals surface area contributed by atoms with Gasteiger partial charge in [0.05, 0.1) is 12.2 Å². The van der Waals surface area contributed by atoms with E-state index in [1.54, 1.807) is 5.01 Å². The Bertz CT molecular complexity index is 589. The van der Waals surface area contributed by atoms with E-state index in [1.165, 1.54) is 24.2 Å². The Kier molecular flexibility index (Phi) is 3.02. The monoisotopic (exact) mass is 299 g/mol. The first-order valence-corrected chi connectivity index (χ1v) is 6.81. The zero-order chi connectivity index (χ0) is 15.4. The average Bonchev–Trinajstić information content (AvgIpc) is 2.89. The van der Waals surface area contributed by atoms with E-state index in [9.17, 15) is 18.0 Å². The lowest BCUT2D eigenvalue weighted by Gasteiger charge is -2.29. The van der Waals surface area contributed by atoms with Gasteiger partial charge in [-0.05, 0) is 25.0 Å². The Labute approximate surface area is 120 Å². The summed E-state index contributed by atoms with van der Waals surface area (Å²) in [7, 11) is 0. The third-order valence-corrected chi connectivity index (χ3v) is 4.52. The number of hydrogen-bond donors (Lipinski definition) is 0. The first-order chi connectivity index (χ1) is 9.74. The highest BCUT2D eigenvalue weighted by Gasteiger charge is 2.62. The van der Waals surface area contributed by atoms with Crippen molar-refractivity contribution in [2.24, 2.45) is 5.41 Å². The predicted molar refractivity (Wildman–Crippen MR) is 68.7 cm³/mol. The summed E-state index contributed by atoms with van der Waals surface area (Å²) in [4.78, 5) is 16.3. The average molecular weight is 299 g/mol. The van der Waals surface area contributed by atoms with Crippen LogP contribution in [-0.4, -0.2) is 39.9 Å². The Morgan fingerprint density at radius 3 is 2.76 bits per heavy atom. The molecule has 21 heavy (non-hydrogen) atoms. The molecular weight excluding hydrogens is 283 g/mol. The molecule has 7 heteroatoms. The van der Waals surface area contributed by atoms with E-state index in [0.29, 0.717) is 18.5 Å². The number of halogens is 3. The van der Waals surface area contributed by atoms with Gasteiger partial charge in [-0.1, -0.05) is 0 Å². The molecule has 0 bridgehead atoms. The van der Waals surface area contributed by atoms with Gasteiger partial charge in [0.2, 0.25) is 0 Å². The van der Waals surface area contributed by atoms with Crippen LogP contribution in [0.4, 0.5) is 13.2 Å². The number of amides is 1. The lowest BCUT2D eigenvalue weighted by Crippen LogP contribution is -2.45. The Balaban J connectivity index is 1.95. The maximum atomic E-state index is 13.8. The van der Waals surface area contributed by atoms with E-state index in [2.05, 4.69) is 4.98 Å².